The Morgan fingerprint density at radius 2 is 1.92 bits per heavy atom. The number of hydrogen-bond donors (Lipinski definition) is 0. The quantitative estimate of drug-likeness (QED) is 0.802. The topological polar surface area (TPSA) is 63.7 Å². The zero-order valence-electron chi connectivity index (χ0n) is 15.4. The number of amides is 1. The van der Waals surface area contributed by atoms with Gasteiger partial charge in [0.15, 0.2) is 9.84 Å². The maximum Gasteiger partial charge on any atom is 0.227 e. The van der Waals surface area contributed by atoms with Crippen molar-refractivity contribution in [3.8, 4) is 0 Å². The molecule has 1 aromatic rings. The number of sulfone groups is 1. The Kier molecular flexibility index (Phi) is 4.48. The van der Waals surface area contributed by atoms with Crippen LogP contribution in [0.1, 0.15) is 25.8 Å². The summed E-state index contributed by atoms with van der Waals surface area (Å²) in [6.07, 6.45) is 2.58. The third-order valence-corrected chi connectivity index (χ3v) is 7.02. The number of ether oxygens (including phenoxy) is 1. The summed E-state index contributed by atoms with van der Waals surface area (Å²) in [4.78, 5) is 15.0. The molecule has 1 saturated heterocycles. The third-order valence-electron chi connectivity index (χ3n) is 5.89. The Labute approximate surface area is 150 Å². The highest BCUT2D eigenvalue weighted by atomic mass is 32.2. The highest BCUT2D eigenvalue weighted by molar-refractivity contribution is 7.90. The summed E-state index contributed by atoms with van der Waals surface area (Å²) in [7, 11) is -1.48. The number of rotatable bonds is 5. The second-order valence-corrected chi connectivity index (χ2v) is 10.4. The van der Waals surface area contributed by atoms with E-state index in [0.717, 1.165) is 25.1 Å². The Hall–Kier alpha value is -1.40. The van der Waals surface area contributed by atoms with Gasteiger partial charge >= 0.3 is 0 Å². The second-order valence-electron chi connectivity index (χ2n) is 8.38. The zero-order valence-corrected chi connectivity index (χ0v) is 16.2. The molecule has 1 heterocycles. The molecule has 1 aliphatic carbocycles. The van der Waals surface area contributed by atoms with E-state index in [1.165, 1.54) is 6.26 Å². The molecule has 0 aromatic heterocycles. The molecule has 2 fully saturated rings. The van der Waals surface area contributed by atoms with Crippen molar-refractivity contribution < 1.29 is 17.9 Å². The number of fused-ring (bicyclic) bond motifs is 1. The standard InChI is InChI=1S/C19H27NO4S/c1-18(2)11-19(13-24-3)12-20(10-16(18)19)17(21)9-14-5-7-15(8-6-14)25(4,22)23/h5-8,16H,9-13H2,1-4H3/t16-,19-/m1/s1. The lowest BCUT2D eigenvalue weighted by Gasteiger charge is -2.56. The first-order chi connectivity index (χ1) is 11.6. The molecule has 1 aliphatic heterocycles. The molecule has 0 bridgehead atoms. The van der Waals surface area contributed by atoms with Crippen LogP contribution in [0.15, 0.2) is 29.2 Å². The van der Waals surface area contributed by atoms with Gasteiger partial charge in [0.1, 0.15) is 0 Å². The van der Waals surface area contributed by atoms with Crippen molar-refractivity contribution in [1.82, 2.24) is 4.90 Å². The average Bonchev–Trinajstić information content (AvgIpc) is 2.82. The smallest absolute Gasteiger partial charge is 0.227 e. The van der Waals surface area contributed by atoms with Crippen molar-refractivity contribution in [2.24, 2.45) is 16.7 Å². The van der Waals surface area contributed by atoms with Gasteiger partial charge in [-0.05, 0) is 35.4 Å². The van der Waals surface area contributed by atoms with E-state index in [1.807, 2.05) is 4.90 Å². The summed E-state index contributed by atoms with van der Waals surface area (Å²) < 4.78 is 28.5. The van der Waals surface area contributed by atoms with Gasteiger partial charge < -0.3 is 9.64 Å². The third kappa shape index (κ3) is 3.34. The van der Waals surface area contributed by atoms with E-state index in [-0.39, 0.29) is 21.6 Å². The minimum atomic E-state index is -3.21. The fraction of sp³-hybridized carbons (Fsp3) is 0.632. The number of carbonyl (C=O) groups excluding carboxylic acids is 1. The highest BCUT2D eigenvalue weighted by Crippen LogP contribution is 2.62. The molecule has 1 saturated carbocycles. The second kappa shape index (κ2) is 6.09. The van der Waals surface area contributed by atoms with Crippen LogP contribution in [-0.4, -0.2) is 52.3 Å². The van der Waals surface area contributed by atoms with E-state index in [1.54, 1.807) is 31.4 Å². The fourth-order valence-electron chi connectivity index (χ4n) is 4.94. The van der Waals surface area contributed by atoms with Gasteiger partial charge in [0.2, 0.25) is 5.91 Å². The van der Waals surface area contributed by atoms with Gasteiger partial charge in [-0.3, -0.25) is 4.79 Å². The van der Waals surface area contributed by atoms with Gasteiger partial charge in [0, 0.05) is 31.9 Å². The number of benzene rings is 1. The average molecular weight is 365 g/mol. The monoisotopic (exact) mass is 365 g/mol. The molecule has 0 spiro atoms. The summed E-state index contributed by atoms with van der Waals surface area (Å²) in [6.45, 7) is 6.78. The lowest BCUT2D eigenvalue weighted by atomic mass is 9.48. The Morgan fingerprint density at radius 3 is 2.44 bits per heavy atom. The summed E-state index contributed by atoms with van der Waals surface area (Å²) in [5.41, 5.74) is 1.20. The Morgan fingerprint density at radius 1 is 1.28 bits per heavy atom. The lowest BCUT2D eigenvalue weighted by molar-refractivity contribution is -0.130. The molecule has 138 valence electrons. The van der Waals surface area contributed by atoms with Crippen LogP contribution in [0.5, 0.6) is 0 Å². The molecule has 1 aromatic carbocycles. The van der Waals surface area contributed by atoms with E-state index in [2.05, 4.69) is 13.8 Å². The fourth-order valence-corrected chi connectivity index (χ4v) is 5.57. The van der Waals surface area contributed by atoms with Gasteiger partial charge in [-0.15, -0.1) is 0 Å². The minimum absolute atomic E-state index is 0.104. The number of carbonyl (C=O) groups is 1. The number of nitrogens with zero attached hydrogens (tertiary/aromatic N) is 1. The van der Waals surface area contributed by atoms with Crippen LogP contribution in [0, 0.1) is 16.7 Å². The van der Waals surface area contributed by atoms with E-state index >= 15 is 0 Å². The summed E-state index contributed by atoms with van der Waals surface area (Å²) in [6, 6.07) is 6.60. The van der Waals surface area contributed by atoms with E-state index in [4.69, 9.17) is 4.74 Å². The van der Waals surface area contributed by atoms with E-state index in [0.29, 0.717) is 18.9 Å². The molecule has 0 radical (unpaired) electrons. The van der Waals surface area contributed by atoms with Gasteiger partial charge in [0.25, 0.3) is 0 Å². The van der Waals surface area contributed by atoms with Gasteiger partial charge in [-0.1, -0.05) is 26.0 Å². The zero-order chi connectivity index (χ0) is 18.5. The van der Waals surface area contributed by atoms with E-state index in [9.17, 15) is 13.2 Å². The van der Waals surface area contributed by atoms with Crippen LogP contribution < -0.4 is 0 Å². The molecule has 6 heteroatoms. The van der Waals surface area contributed by atoms with Crippen LogP contribution in [0.2, 0.25) is 0 Å². The number of methoxy groups -OCH3 is 1. The van der Waals surface area contributed by atoms with Gasteiger partial charge in [0.05, 0.1) is 17.9 Å². The Balaban J connectivity index is 1.68. The van der Waals surface area contributed by atoms with Crippen LogP contribution in [0.25, 0.3) is 0 Å². The maximum atomic E-state index is 12.7. The van der Waals surface area contributed by atoms with Crippen LogP contribution in [0.4, 0.5) is 0 Å². The van der Waals surface area contributed by atoms with Gasteiger partial charge in [-0.25, -0.2) is 8.42 Å². The minimum Gasteiger partial charge on any atom is -0.384 e. The molecular weight excluding hydrogens is 338 g/mol. The molecule has 0 N–H and O–H groups in total. The SMILES string of the molecule is COC[C@@]12CN(C(=O)Cc3ccc(S(C)(=O)=O)cc3)C[C@@H]1C(C)(C)C2. The molecule has 3 rings (SSSR count). The molecule has 1 amide bonds. The molecule has 2 aliphatic rings. The van der Waals surface area contributed by atoms with Crippen molar-refractivity contribution in [3.63, 3.8) is 0 Å². The van der Waals surface area contributed by atoms with E-state index < -0.39 is 9.84 Å². The van der Waals surface area contributed by atoms with Crippen molar-refractivity contribution in [1.29, 1.82) is 0 Å². The maximum absolute atomic E-state index is 12.7. The van der Waals surface area contributed by atoms with Crippen molar-refractivity contribution in [3.05, 3.63) is 29.8 Å². The molecular formula is C19H27NO4S. The summed E-state index contributed by atoms with van der Waals surface area (Å²) in [5.74, 6) is 0.587. The van der Waals surface area contributed by atoms with Crippen LogP contribution >= 0.6 is 0 Å². The predicted octanol–water partition coefficient (Wildman–Crippen LogP) is 2.15. The van der Waals surface area contributed by atoms with Crippen molar-refractivity contribution in [2.75, 3.05) is 33.1 Å². The van der Waals surface area contributed by atoms with Crippen LogP contribution in [0.3, 0.4) is 0 Å². The predicted molar refractivity (Wildman–Crippen MR) is 96.0 cm³/mol. The summed E-state index contributed by atoms with van der Waals surface area (Å²) >= 11 is 0. The molecule has 5 nitrogen and oxygen atoms in total. The number of hydrogen-bond acceptors (Lipinski definition) is 4. The lowest BCUT2D eigenvalue weighted by Crippen LogP contribution is -2.55. The van der Waals surface area contributed by atoms with Crippen molar-refractivity contribution >= 4 is 15.7 Å². The molecule has 2 atom stereocenters. The van der Waals surface area contributed by atoms with Crippen LogP contribution in [-0.2, 0) is 25.8 Å². The molecule has 0 unspecified atom stereocenters. The largest absolute Gasteiger partial charge is 0.384 e. The normalized spacial score (nSPS) is 27.7. The van der Waals surface area contributed by atoms with Crippen molar-refractivity contribution in [2.45, 2.75) is 31.6 Å². The highest BCUT2D eigenvalue weighted by Gasteiger charge is 2.63. The summed E-state index contributed by atoms with van der Waals surface area (Å²) in [5, 5.41) is 0. The van der Waals surface area contributed by atoms with Gasteiger partial charge in [-0.2, -0.15) is 0 Å². The molecule has 25 heavy (non-hydrogen) atoms. The first-order valence-electron chi connectivity index (χ1n) is 8.63. The Bertz CT molecular complexity index is 769. The first-order valence-corrected chi connectivity index (χ1v) is 10.5. The number of likely N-dealkylation sites (tertiary alicyclic amines) is 1. The first kappa shape index (κ1) is 18.4.